The van der Waals surface area contributed by atoms with E-state index in [0.29, 0.717) is 13.0 Å². The third-order valence-electron chi connectivity index (χ3n) is 4.14. The first-order valence-corrected chi connectivity index (χ1v) is 8.57. The molecular weight excluding hydrogens is 323 g/mol. The van der Waals surface area contributed by atoms with Crippen molar-refractivity contribution in [2.75, 3.05) is 6.67 Å². The molecule has 0 bridgehead atoms. The molecule has 0 aliphatic heterocycles. The number of nitrogens with two attached hydrogens (primary N) is 1. The number of unbranched alkanes of at least 4 members (excludes halogenated alkanes) is 2. The van der Waals surface area contributed by atoms with E-state index in [1.807, 2.05) is 38.1 Å². The molecule has 2 rings (SSSR count). The van der Waals surface area contributed by atoms with Gasteiger partial charge in [0.1, 0.15) is 6.04 Å². The molecule has 3 N–H and O–H groups in total. The molecule has 0 saturated heterocycles. The molecule has 1 heterocycles. The normalized spacial score (nSPS) is 12.5. The summed E-state index contributed by atoms with van der Waals surface area (Å²) in [7, 11) is 0. The van der Waals surface area contributed by atoms with Gasteiger partial charge in [0.15, 0.2) is 5.69 Å². The first kappa shape index (κ1) is 18.9. The number of carbonyl (C=O) groups is 2. The molecule has 0 fully saturated rings. The Labute approximate surface area is 146 Å². The molecule has 25 heavy (non-hydrogen) atoms. The van der Waals surface area contributed by atoms with Crippen LogP contribution < -0.4 is 11.1 Å². The number of nitrogens with one attached hydrogen (secondary N) is 1. The van der Waals surface area contributed by atoms with E-state index in [1.54, 1.807) is 4.68 Å². The minimum atomic E-state index is -0.749. The lowest BCUT2D eigenvalue weighted by Gasteiger charge is -2.18. The topological polar surface area (TPSA) is 90.0 Å². The van der Waals surface area contributed by atoms with E-state index < -0.39 is 17.9 Å². The van der Waals surface area contributed by atoms with Crippen molar-refractivity contribution in [1.29, 1.82) is 0 Å². The number of alkyl halides is 1. The van der Waals surface area contributed by atoms with Crippen molar-refractivity contribution in [3.05, 3.63) is 30.0 Å². The highest BCUT2D eigenvalue weighted by Gasteiger charge is 2.25. The minimum absolute atomic E-state index is 0.115. The van der Waals surface area contributed by atoms with Gasteiger partial charge in [-0.25, -0.2) is 0 Å². The average Bonchev–Trinajstić information content (AvgIpc) is 2.95. The van der Waals surface area contributed by atoms with Gasteiger partial charge in [-0.2, -0.15) is 5.10 Å². The van der Waals surface area contributed by atoms with Gasteiger partial charge < -0.3 is 11.1 Å². The van der Waals surface area contributed by atoms with E-state index >= 15 is 0 Å². The van der Waals surface area contributed by atoms with E-state index in [9.17, 15) is 14.0 Å². The van der Waals surface area contributed by atoms with Crippen LogP contribution in [0.25, 0.3) is 10.9 Å². The SMILES string of the molecule is CC(C)C(NC(=O)c1nn(CCCCCF)c2ccccc12)C(N)=O. The van der Waals surface area contributed by atoms with E-state index in [1.165, 1.54) is 0 Å². The van der Waals surface area contributed by atoms with Crippen molar-refractivity contribution in [3.8, 4) is 0 Å². The summed E-state index contributed by atoms with van der Waals surface area (Å²) < 4.78 is 14.0. The zero-order valence-electron chi connectivity index (χ0n) is 14.7. The molecule has 1 atom stereocenters. The number of primary amides is 1. The number of nitrogens with zero attached hydrogens (tertiary/aromatic N) is 2. The maximum Gasteiger partial charge on any atom is 0.273 e. The van der Waals surface area contributed by atoms with Gasteiger partial charge >= 0.3 is 0 Å². The van der Waals surface area contributed by atoms with E-state index in [0.717, 1.165) is 23.7 Å². The highest BCUT2D eigenvalue weighted by molar-refractivity contribution is 6.06. The molecule has 2 aromatic rings. The van der Waals surface area contributed by atoms with Crippen molar-refractivity contribution < 1.29 is 14.0 Å². The van der Waals surface area contributed by atoms with Gasteiger partial charge in [0.2, 0.25) is 5.91 Å². The van der Waals surface area contributed by atoms with E-state index in [2.05, 4.69) is 10.4 Å². The van der Waals surface area contributed by atoms with Gasteiger partial charge in [-0.15, -0.1) is 0 Å². The second kappa shape index (κ2) is 8.60. The fourth-order valence-corrected chi connectivity index (χ4v) is 2.77. The van der Waals surface area contributed by atoms with Crippen molar-refractivity contribution in [1.82, 2.24) is 15.1 Å². The first-order valence-electron chi connectivity index (χ1n) is 8.57. The number of carbonyl (C=O) groups excluding carboxylic acids is 2. The zero-order valence-corrected chi connectivity index (χ0v) is 14.7. The Morgan fingerprint density at radius 2 is 1.96 bits per heavy atom. The number of halogens is 1. The third kappa shape index (κ3) is 4.55. The van der Waals surface area contributed by atoms with Crippen LogP contribution in [0.4, 0.5) is 4.39 Å². The second-order valence-corrected chi connectivity index (χ2v) is 6.44. The number of benzene rings is 1. The minimum Gasteiger partial charge on any atom is -0.368 e. The number of aryl methyl sites for hydroxylation is 1. The van der Waals surface area contributed by atoms with Crippen molar-refractivity contribution in [2.24, 2.45) is 11.7 Å². The first-order chi connectivity index (χ1) is 12.0. The Kier molecular flexibility index (Phi) is 6.50. The smallest absolute Gasteiger partial charge is 0.273 e. The quantitative estimate of drug-likeness (QED) is 0.682. The summed E-state index contributed by atoms with van der Waals surface area (Å²) in [6, 6.07) is 6.68. The number of hydrogen-bond acceptors (Lipinski definition) is 3. The van der Waals surface area contributed by atoms with Crippen LogP contribution in [0, 0.1) is 5.92 Å². The van der Waals surface area contributed by atoms with Gasteiger partial charge in [-0.05, 0) is 31.2 Å². The summed E-state index contributed by atoms with van der Waals surface area (Å²) in [5.41, 5.74) is 6.48. The lowest BCUT2D eigenvalue weighted by Crippen LogP contribution is -2.47. The summed E-state index contributed by atoms with van der Waals surface area (Å²) >= 11 is 0. The van der Waals surface area contributed by atoms with E-state index in [4.69, 9.17) is 5.73 Å². The zero-order chi connectivity index (χ0) is 18.4. The van der Waals surface area contributed by atoms with Gasteiger partial charge in [0.25, 0.3) is 5.91 Å². The molecule has 6 nitrogen and oxygen atoms in total. The van der Waals surface area contributed by atoms with Crippen LogP contribution in [0.15, 0.2) is 24.3 Å². The highest BCUT2D eigenvalue weighted by Crippen LogP contribution is 2.19. The average molecular weight is 348 g/mol. The summed E-state index contributed by atoms with van der Waals surface area (Å²) in [5, 5.41) is 7.81. The van der Waals surface area contributed by atoms with E-state index in [-0.39, 0.29) is 18.3 Å². The number of fused-ring (bicyclic) bond motifs is 1. The van der Waals surface area contributed by atoms with Gasteiger partial charge in [-0.3, -0.25) is 18.7 Å². The van der Waals surface area contributed by atoms with Crippen LogP contribution in [0.3, 0.4) is 0 Å². The molecule has 1 aromatic heterocycles. The fraction of sp³-hybridized carbons (Fsp3) is 0.500. The van der Waals surface area contributed by atoms with Gasteiger partial charge in [-0.1, -0.05) is 32.0 Å². The second-order valence-electron chi connectivity index (χ2n) is 6.44. The Morgan fingerprint density at radius 3 is 2.60 bits per heavy atom. The molecule has 0 saturated carbocycles. The molecule has 0 aliphatic rings. The predicted molar refractivity (Wildman–Crippen MR) is 94.8 cm³/mol. The van der Waals surface area contributed by atoms with Crippen LogP contribution in [0.5, 0.6) is 0 Å². The monoisotopic (exact) mass is 348 g/mol. The Morgan fingerprint density at radius 1 is 1.24 bits per heavy atom. The molecular formula is C18H25FN4O2. The predicted octanol–water partition coefficient (Wildman–Crippen LogP) is 2.42. The van der Waals surface area contributed by atoms with Crippen LogP contribution >= 0.6 is 0 Å². The molecule has 1 aromatic carbocycles. The largest absolute Gasteiger partial charge is 0.368 e. The maximum absolute atomic E-state index is 12.6. The Balaban J connectivity index is 2.25. The van der Waals surface area contributed by atoms with Crippen LogP contribution in [0.2, 0.25) is 0 Å². The molecule has 2 amide bonds. The lowest BCUT2D eigenvalue weighted by molar-refractivity contribution is -0.120. The number of aromatic nitrogens is 2. The summed E-state index contributed by atoms with van der Waals surface area (Å²) in [4.78, 5) is 24.2. The Bertz CT molecular complexity index is 742. The number of amides is 2. The van der Waals surface area contributed by atoms with Gasteiger partial charge in [0, 0.05) is 11.9 Å². The standard InChI is InChI=1S/C18H25FN4O2/c1-12(2)15(17(20)24)21-18(25)16-13-8-4-5-9-14(13)23(22-16)11-7-3-6-10-19/h4-5,8-9,12,15H,3,6-7,10-11H2,1-2H3,(H2,20,24)(H,21,25). The molecule has 1 unspecified atom stereocenters. The van der Waals surface area contributed by atoms with Gasteiger partial charge in [0.05, 0.1) is 12.2 Å². The molecule has 7 heteroatoms. The van der Waals surface area contributed by atoms with Crippen LogP contribution in [-0.4, -0.2) is 34.3 Å². The van der Waals surface area contributed by atoms with Crippen LogP contribution in [0.1, 0.15) is 43.6 Å². The molecule has 136 valence electrons. The maximum atomic E-state index is 12.6. The fourth-order valence-electron chi connectivity index (χ4n) is 2.77. The van der Waals surface area contributed by atoms with Crippen LogP contribution in [-0.2, 0) is 11.3 Å². The molecule has 0 spiro atoms. The summed E-state index contributed by atoms with van der Waals surface area (Å²) in [5.74, 6) is -1.11. The number of hydrogen-bond donors (Lipinski definition) is 2. The number of rotatable bonds is 9. The number of para-hydroxylation sites is 1. The van der Waals surface area contributed by atoms with Crippen molar-refractivity contribution in [2.45, 2.75) is 45.7 Å². The van der Waals surface area contributed by atoms with Crippen molar-refractivity contribution >= 4 is 22.7 Å². The molecule has 0 radical (unpaired) electrons. The Hall–Kier alpha value is -2.44. The van der Waals surface area contributed by atoms with Crippen molar-refractivity contribution in [3.63, 3.8) is 0 Å². The third-order valence-corrected chi connectivity index (χ3v) is 4.14. The lowest BCUT2D eigenvalue weighted by atomic mass is 10.0. The molecule has 0 aliphatic carbocycles. The summed E-state index contributed by atoms with van der Waals surface area (Å²) in [6.07, 6.45) is 2.08. The highest BCUT2D eigenvalue weighted by atomic mass is 19.1. The summed E-state index contributed by atoms with van der Waals surface area (Å²) in [6.45, 7) is 3.92.